The SMILES string of the molecule is CC(C(=O)OC(C)(C)C)N1CCC(NS(=O)(=O)c2ccc3cc(Cl)ccc3c2)C1=O. The smallest absolute Gasteiger partial charge is 0.329 e. The van der Waals surface area contributed by atoms with Crippen LogP contribution in [0.1, 0.15) is 34.1 Å². The van der Waals surface area contributed by atoms with Crippen LogP contribution in [0.4, 0.5) is 0 Å². The number of amides is 1. The Kier molecular flexibility index (Phi) is 6.13. The van der Waals surface area contributed by atoms with Crippen LogP contribution < -0.4 is 4.72 Å². The highest BCUT2D eigenvalue weighted by Crippen LogP contribution is 2.24. The van der Waals surface area contributed by atoms with Gasteiger partial charge in [-0.15, -0.1) is 0 Å². The van der Waals surface area contributed by atoms with Crippen molar-refractivity contribution in [3.05, 3.63) is 41.4 Å². The number of ether oxygens (including phenoxy) is 1. The summed E-state index contributed by atoms with van der Waals surface area (Å²) in [4.78, 5) is 26.5. The van der Waals surface area contributed by atoms with E-state index in [9.17, 15) is 18.0 Å². The maximum Gasteiger partial charge on any atom is 0.329 e. The van der Waals surface area contributed by atoms with Crippen molar-refractivity contribution in [2.24, 2.45) is 0 Å². The number of nitrogens with one attached hydrogen (secondary N) is 1. The number of sulfonamides is 1. The standard InChI is InChI=1S/C21H25ClN2O5S/c1-13(20(26)29-21(2,3)4)24-10-9-18(19(24)25)23-30(27,28)17-8-6-14-11-16(22)7-5-15(14)12-17/h5-8,11-13,18,23H,9-10H2,1-4H3. The van der Waals surface area contributed by atoms with Gasteiger partial charge < -0.3 is 9.64 Å². The maximum atomic E-state index is 12.8. The van der Waals surface area contributed by atoms with Crippen molar-refractivity contribution in [2.75, 3.05) is 6.54 Å². The average Bonchev–Trinajstić information content (AvgIpc) is 2.99. The highest BCUT2D eigenvalue weighted by atomic mass is 35.5. The molecule has 9 heteroatoms. The molecule has 1 aliphatic rings. The van der Waals surface area contributed by atoms with E-state index in [1.165, 1.54) is 17.0 Å². The topological polar surface area (TPSA) is 92.8 Å². The maximum absolute atomic E-state index is 12.8. The van der Waals surface area contributed by atoms with Gasteiger partial charge in [-0.25, -0.2) is 13.2 Å². The molecule has 2 atom stereocenters. The fraction of sp³-hybridized carbons (Fsp3) is 0.429. The summed E-state index contributed by atoms with van der Waals surface area (Å²) in [5, 5.41) is 2.10. The Hall–Kier alpha value is -2.16. The zero-order valence-electron chi connectivity index (χ0n) is 17.3. The fourth-order valence-electron chi connectivity index (χ4n) is 3.33. The molecule has 1 fully saturated rings. The highest BCUT2D eigenvalue weighted by molar-refractivity contribution is 7.89. The normalized spacial score (nSPS) is 18.6. The van der Waals surface area contributed by atoms with Gasteiger partial charge in [0.15, 0.2) is 0 Å². The molecular formula is C21H25ClN2O5S. The number of hydrogen-bond acceptors (Lipinski definition) is 5. The van der Waals surface area contributed by atoms with Gasteiger partial charge in [0.05, 0.1) is 4.90 Å². The summed E-state index contributed by atoms with van der Waals surface area (Å²) in [6, 6.07) is 8.12. The quantitative estimate of drug-likeness (QED) is 0.703. The summed E-state index contributed by atoms with van der Waals surface area (Å²) in [6.45, 7) is 7.09. The molecule has 7 nitrogen and oxygen atoms in total. The second kappa shape index (κ2) is 8.17. The van der Waals surface area contributed by atoms with E-state index in [2.05, 4.69) is 4.72 Å². The van der Waals surface area contributed by atoms with Gasteiger partial charge in [0.1, 0.15) is 17.7 Å². The minimum absolute atomic E-state index is 0.0590. The molecule has 2 aromatic carbocycles. The van der Waals surface area contributed by atoms with Crippen molar-refractivity contribution in [3.63, 3.8) is 0 Å². The first-order valence-corrected chi connectivity index (χ1v) is 11.5. The molecule has 162 valence electrons. The molecule has 0 aromatic heterocycles. The molecule has 1 aliphatic heterocycles. The lowest BCUT2D eigenvalue weighted by Gasteiger charge is -2.27. The van der Waals surface area contributed by atoms with E-state index in [0.29, 0.717) is 5.02 Å². The number of benzene rings is 2. The predicted molar refractivity (Wildman–Crippen MR) is 115 cm³/mol. The molecule has 2 unspecified atom stereocenters. The van der Waals surface area contributed by atoms with Crippen LogP contribution in [0.3, 0.4) is 0 Å². The molecule has 0 bridgehead atoms. The van der Waals surface area contributed by atoms with Crippen LogP contribution in [0.2, 0.25) is 5.02 Å². The van der Waals surface area contributed by atoms with Crippen molar-refractivity contribution in [1.82, 2.24) is 9.62 Å². The molecule has 30 heavy (non-hydrogen) atoms. The minimum atomic E-state index is -3.92. The number of carbonyl (C=O) groups excluding carboxylic acids is 2. The zero-order valence-corrected chi connectivity index (χ0v) is 18.9. The summed E-state index contributed by atoms with van der Waals surface area (Å²) < 4.78 is 33.5. The lowest BCUT2D eigenvalue weighted by Crippen LogP contribution is -2.47. The van der Waals surface area contributed by atoms with Crippen molar-refractivity contribution >= 4 is 44.3 Å². The van der Waals surface area contributed by atoms with Crippen molar-refractivity contribution in [1.29, 1.82) is 0 Å². The Balaban J connectivity index is 1.74. The van der Waals surface area contributed by atoms with E-state index in [4.69, 9.17) is 16.3 Å². The Morgan fingerprint density at radius 2 is 1.83 bits per heavy atom. The van der Waals surface area contributed by atoms with Crippen LogP contribution in [0.25, 0.3) is 10.8 Å². The Morgan fingerprint density at radius 1 is 1.20 bits per heavy atom. The summed E-state index contributed by atoms with van der Waals surface area (Å²) in [5.41, 5.74) is -0.671. The van der Waals surface area contributed by atoms with E-state index in [0.717, 1.165) is 10.8 Å². The third-order valence-corrected chi connectivity index (χ3v) is 6.54. The van der Waals surface area contributed by atoms with Crippen LogP contribution in [-0.4, -0.2) is 49.4 Å². The zero-order chi connectivity index (χ0) is 22.3. The van der Waals surface area contributed by atoms with Gasteiger partial charge in [-0.1, -0.05) is 23.7 Å². The van der Waals surface area contributed by atoms with E-state index >= 15 is 0 Å². The molecule has 1 saturated heterocycles. The van der Waals surface area contributed by atoms with E-state index in [-0.39, 0.29) is 17.9 Å². The van der Waals surface area contributed by atoms with Crippen molar-refractivity contribution < 1.29 is 22.7 Å². The van der Waals surface area contributed by atoms with E-state index < -0.39 is 39.6 Å². The number of halogens is 1. The molecule has 2 aromatic rings. The number of hydrogen-bond donors (Lipinski definition) is 1. The van der Waals surface area contributed by atoms with Gasteiger partial charge in [0.25, 0.3) is 0 Å². The number of rotatable bonds is 5. The van der Waals surface area contributed by atoms with Crippen LogP contribution in [-0.2, 0) is 24.3 Å². The molecular weight excluding hydrogens is 428 g/mol. The first-order valence-electron chi connectivity index (χ1n) is 9.62. The molecule has 1 amide bonds. The average molecular weight is 453 g/mol. The van der Waals surface area contributed by atoms with Crippen LogP contribution >= 0.6 is 11.6 Å². The first-order chi connectivity index (χ1) is 13.9. The molecule has 1 N–H and O–H groups in total. The highest BCUT2D eigenvalue weighted by Gasteiger charge is 2.40. The van der Waals surface area contributed by atoms with Gasteiger partial charge in [-0.05, 0) is 69.2 Å². The second-order valence-corrected chi connectivity index (χ2v) is 10.5. The van der Waals surface area contributed by atoms with Gasteiger partial charge in [-0.3, -0.25) is 4.79 Å². The van der Waals surface area contributed by atoms with Crippen molar-refractivity contribution in [2.45, 2.75) is 56.7 Å². The van der Waals surface area contributed by atoms with Crippen LogP contribution in [0, 0.1) is 0 Å². The molecule has 0 saturated carbocycles. The summed E-state index contributed by atoms with van der Waals surface area (Å²) >= 11 is 5.97. The molecule has 3 rings (SSSR count). The molecule has 0 radical (unpaired) electrons. The Bertz CT molecular complexity index is 1090. The lowest BCUT2D eigenvalue weighted by molar-refractivity contribution is -0.163. The lowest BCUT2D eigenvalue weighted by atomic mass is 10.1. The van der Waals surface area contributed by atoms with Crippen molar-refractivity contribution in [3.8, 4) is 0 Å². The number of fused-ring (bicyclic) bond motifs is 1. The first kappa shape index (κ1) is 22.5. The molecule has 0 aliphatic carbocycles. The van der Waals surface area contributed by atoms with E-state index in [1.807, 2.05) is 0 Å². The molecule has 0 spiro atoms. The second-order valence-electron chi connectivity index (χ2n) is 8.36. The minimum Gasteiger partial charge on any atom is -0.458 e. The monoisotopic (exact) mass is 452 g/mol. The van der Waals surface area contributed by atoms with Gasteiger partial charge >= 0.3 is 5.97 Å². The third-order valence-electron chi connectivity index (χ3n) is 4.84. The van der Waals surface area contributed by atoms with Gasteiger partial charge in [0, 0.05) is 11.6 Å². The van der Waals surface area contributed by atoms with Crippen LogP contribution in [0.15, 0.2) is 41.3 Å². The largest absolute Gasteiger partial charge is 0.458 e. The summed E-state index contributed by atoms with van der Waals surface area (Å²) in [5.74, 6) is -0.961. The fourth-order valence-corrected chi connectivity index (χ4v) is 4.77. The predicted octanol–water partition coefficient (Wildman–Crippen LogP) is 3.10. The Labute approximate surface area is 181 Å². The number of likely N-dealkylation sites (tertiary alicyclic amines) is 1. The van der Waals surface area contributed by atoms with Crippen LogP contribution in [0.5, 0.6) is 0 Å². The number of carbonyl (C=O) groups is 2. The third kappa shape index (κ3) is 4.94. The summed E-state index contributed by atoms with van der Waals surface area (Å²) in [6.07, 6.45) is 0.272. The molecule has 1 heterocycles. The summed E-state index contributed by atoms with van der Waals surface area (Å²) in [7, 11) is -3.92. The van der Waals surface area contributed by atoms with E-state index in [1.54, 1.807) is 52.0 Å². The number of esters is 1. The van der Waals surface area contributed by atoms with Gasteiger partial charge in [-0.2, -0.15) is 4.72 Å². The Morgan fingerprint density at radius 3 is 2.50 bits per heavy atom. The van der Waals surface area contributed by atoms with Gasteiger partial charge in [0.2, 0.25) is 15.9 Å². The number of nitrogens with zero attached hydrogens (tertiary/aromatic N) is 1.